The van der Waals surface area contributed by atoms with Crippen LogP contribution in [0.5, 0.6) is 0 Å². The Kier molecular flexibility index (Phi) is 3.18. The molecule has 0 aliphatic carbocycles. The number of carbonyl (C=O) groups excluding carboxylic acids is 2. The van der Waals surface area contributed by atoms with Gasteiger partial charge >= 0.3 is 0 Å². The van der Waals surface area contributed by atoms with E-state index in [0.29, 0.717) is 0 Å². The van der Waals surface area contributed by atoms with Gasteiger partial charge in [0.2, 0.25) is 11.8 Å². The van der Waals surface area contributed by atoms with Gasteiger partial charge in [0.05, 0.1) is 12.5 Å². The van der Waals surface area contributed by atoms with Gasteiger partial charge < -0.3 is 4.42 Å². The Morgan fingerprint density at radius 1 is 1.18 bits per heavy atom. The van der Waals surface area contributed by atoms with Gasteiger partial charge in [-0.25, -0.2) is 4.98 Å². The smallest absolute Gasteiger partial charge is 0.244 e. The van der Waals surface area contributed by atoms with Crippen molar-refractivity contribution in [1.82, 2.24) is 15.2 Å². The summed E-state index contributed by atoms with van der Waals surface area (Å²) in [6, 6.07) is 7.47. The maximum atomic E-state index is 11.7. The Morgan fingerprint density at radius 2 is 1.95 bits per heavy atom. The van der Waals surface area contributed by atoms with Gasteiger partial charge in [-0.2, -0.15) is 0 Å². The van der Waals surface area contributed by atoms with Crippen molar-refractivity contribution in [1.29, 1.82) is 0 Å². The second-order valence-corrected chi connectivity index (χ2v) is 5.96. The van der Waals surface area contributed by atoms with Gasteiger partial charge in [0.15, 0.2) is 11.5 Å². The molecule has 0 radical (unpaired) electrons. The summed E-state index contributed by atoms with van der Waals surface area (Å²) in [6.07, 6.45) is 2.07. The second kappa shape index (κ2) is 5.21. The van der Waals surface area contributed by atoms with Crippen LogP contribution in [0.4, 0.5) is 0 Å². The first-order chi connectivity index (χ1) is 10.7. The van der Waals surface area contributed by atoms with E-state index in [0.717, 1.165) is 42.9 Å². The third-order valence-electron chi connectivity index (χ3n) is 4.57. The molecule has 4 rings (SSSR count). The molecular weight excluding hydrogens is 282 g/mol. The van der Waals surface area contributed by atoms with Crippen LogP contribution in [0.1, 0.15) is 31.1 Å². The Labute approximate surface area is 127 Å². The summed E-state index contributed by atoms with van der Waals surface area (Å²) >= 11 is 0. The highest BCUT2D eigenvalue weighted by molar-refractivity contribution is 6.05. The number of aromatic nitrogens is 1. The summed E-state index contributed by atoms with van der Waals surface area (Å²) in [5, 5.41) is 2.37. The van der Waals surface area contributed by atoms with Gasteiger partial charge in [-0.15, -0.1) is 0 Å². The number of rotatable bonds is 2. The van der Waals surface area contributed by atoms with Crippen molar-refractivity contribution in [3.63, 3.8) is 0 Å². The fourth-order valence-corrected chi connectivity index (χ4v) is 3.36. The van der Waals surface area contributed by atoms with Gasteiger partial charge in [-0.3, -0.25) is 19.8 Å². The lowest BCUT2D eigenvalue weighted by molar-refractivity contribution is -0.126. The van der Waals surface area contributed by atoms with E-state index in [1.165, 1.54) is 0 Å². The molecule has 1 atom stereocenters. The molecule has 3 heterocycles. The van der Waals surface area contributed by atoms with E-state index >= 15 is 0 Å². The zero-order valence-corrected chi connectivity index (χ0v) is 12.1. The fraction of sp³-hybridized carbons (Fsp3) is 0.438. The van der Waals surface area contributed by atoms with Crippen molar-refractivity contribution in [2.45, 2.75) is 31.2 Å². The molecule has 0 spiro atoms. The molecule has 2 saturated heterocycles. The van der Waals surface area contributed by atoms with Crippen LogP contribution in [0, 0.1) is 0 Å². The van der Waals surface area contributed by atoms with Crippen molar-refractivity contribution in [2.75, 3.05) is 13.1 Å². The number of likely N-dealkylation sites (tertiary alicyclic amines) is 1. The standard InChI is InChI=1S/C16H17N3O3/c20-14-9-12(15(21)18-14)19-7-5-10(6-8-19)16-17-11-3-1-2-4-13(11)22-16/h1-4,10,12H,5-9H2,(H,18,20,21). The first-order valence-electron chi connectivity index (χ1n) is 7.64. The second-order valence-electron chi connectivity index (χ2n) is 5.96. The number of imide groups is 1. The van der Waals surface area contributed by atoms with Crippen LogP contribution in [-0.4, -0.2) is 40.8 Å². The zero-order valence-electron chi connectivity index (χ0n) is 12.1. The molecular formula is C16H17N3O3. The minimum absolute atomic E-state index is 0.162. The number of para-hydroxylation sites is 2. The Bertz CT molecular complexity index is 698. The van der Waals surface area contributed by atoms with E-state index in [4.69, 9.17) is 4.42 Å². The number of hydrogen-bond donors (Lipinski definition) is 1. The molecule has 6 heteroatoms. The van der Waals surface area contributed by atoms with Gasteiger partial charge in [-0.1, -0.05) is 12.1 Å². The van der Waals surface area contributed by atoms with E-state index in [-0.39, 0.29) is 30.2 Å². The first-order valence-corrected chi connectivity index (χ1v) is 7.64. The molecule has 2 fully saturated rings. The number of carbonyl (C=O) groups is 2. The highest BCUT2D eigenvalue weighted by Gasteiger charge is 2.37. The van der Waals surface area contributed by atoms with Gasteiger partial charge in [0.1, 0.15) is 5.52 Å². The van der Waals surface area contributed by atoms with Crippen LogP contribution < -0.4 is 5.32 Å². The molecule has 1 aromatic heterocycles. The number of benzene rings is 1. The lowest BCUT2D eigenvalue weighted by Gasteiger charge is -2.33. The van der Waals surface area contributed by atoms with Crippen LogP contribution in [0.3, 0.4) is 0 Å². The number of fused-ring (bicyclic) bond motifs is 1. The Hall–Kier alpha value is -2.21. The molecule has 114 valence electrons. The molecule has 0 saturated carbocycles. The lowest BCUT2D eigenvalue weighted by Crippen LogP contribution is -2.44. The third-order valence-corrected chi connectivity index (χ3v) is 4.57. The number of nitrogens with one attached hydrogen (secondary N) is 1. The molecule has 1 aromatic carbocycles. The van der Waals surface area contributed by atoms with Crippen LogP contribution in [0.25, 0.3) is 11.1 Å². The average molecular weight is 299 g/mol. The van der Waals surface area contributed by atoms with Crippen LogP contribution in [-0.2, 0) is 9.59 Å². The largest absolute Gasteiger partial charge is 0.440 e. The molecule has 1 unspecified atom stereocenters. The molecule has 2 aliphatic rings. The minimum atomic E-state index is -0.294. The van der Waals surface area contributed by atoms with Gasteiger partial charge in [-0.05, 0) is 38.1 Å². The van der Waals surface area contributed by atoms with Crippen molar-refractivity contribution < 1.29 is 14.0 Å². The van der Waals surface area contributed by atoms with Crippen LogP contribution in [0.15, 0.2) is 28.7 Å². The fourth-order valence-electron chi connectivity index (χ4n) is 3.36. The van der Waals surface area contributed by atoms with E-state index in [1.807, 2.05) is 24.3 Å². The minimum Gasteiger partial charge on any atom is -0.440 e. The molecule has 1 N–H and O–H groups in total. The molecule has 2 aromatic rings. The van der Waals surface area contributed by atoms with Crippen molar-refractivity contribution in [3.8, 4) is 0 Å². The summed E-state index contributed by atoms with van der Waals surface area (Å²) in [5.74, 6) is 0.734. The molecule has 2 amide bonds. The third kappa shape index (κ3) is 2.29. The quantitative estimate of drug-likeness (QED) is 0.849. The Morgan fingerprint density at radius 3 is 2.64 bits per heavy atom. The van der Waals surface area contributed by atoms with E-state index in [2.05, 4.69) is 15.2 Å². The lowest BCUT2D eigenvalue weighted by atomic mass is 9.95. The van der Waals surface area contributed by atoms with Gasteiger partial charge in [0, 0.05) is 5.92 Å². The van der Waals surface area contributed by atoms with Gasteiger partial charge in [0.25, 0.3) is 0 Å². The van der Waals surface area contributed by atoms with E-state index in [1.54, 1.807) is 0 Å². The highest BCUT2D eigenvalue weighted by atomic mass is 16.3. The average Bonchev–Trinajstić information content (AvgIpc) is 3.10. The monoisotopic (exact) mass is 299 g/mol. The van der Waals surface area contributed by atoms with E-state index < -0.39 is 0 Å². The van der Waals surface area contributed by atoms with Crippen molar-refractivity contribution >= 4 is 22.9 Å². The van der Waals surface area contributed by atoms with Crippen molar-refractivity contribution in [3.05, 3.63) is 30.2 Å². The number of hydrogen-bond acceptors (Lipinski definition) is 5. The number of piperidine rings is 1. The number of oxazole rings is 1. The predicted octanol–water partition coefficient (Wildman–Crippen LogP) is 1.42. The molecule has 0 bridgehead atoms. The highest BCUT2D eigenvalue weighted by Crippen LogP contribution is 2.31. The predicted molar refractivity (Wildman–Crippen MR) is 79.1 cm³/mol. The summed E-state index contributed by atoms with van der Waals surface area (Å²) in [6.45, 7) is 1.57. The van der Waals surface area contributed by atoms with Crippen LogP contribution >= 0.6 is 0 Å². The Balaban J connectivity index is 1.45. The summed E-state index contributed by atoms with van der Waals surface area (Å²) in [4.78, 5) is 29.7. The van der Waals surface area contributed by atoms with Crippen LogP contribution in [0.2, 0.25) is 0 Å². The number of nitrogens with zero attached hydrogens (tertiary/aromatic N) is 2. The molecule has 22 heavy (non-hydrogen) atoms. The number of amides is 2. The maximum Gasteiger partial charge on any atom is 0.244 e. The molecule has 6 nitrogen and oxygen atoms in total. The van der Waals surface area contributed by atoms with Crippen molar-refractivity contribution in [2.24, 2.45) is 0 Å². The molecule has 2 aliphatic heterocycles. The topological polar surface area (TPSA) is 75.4 Å². The summed E-state index contributed by atoms with van der Waals surface area (Å²) in [5.41, 5.74) is 1.71. The first kappa shape index (κ1) is 13.5. The summed E-state index contributed by atoms with van der Waals surface area (Å²) in [7, 11) is 0. The van der Waals surface area contributed by atoms with E-state index in [9.17, 15) is 9.59 Å². The summed E-state index contributed by atoms with van der Waals surface area (Å²) < 4.78 is 5.84. The SMILES string of the molecule is O=C1CC(N2CCC(c3nc4ccccc4o3)CC2)C(=O)N1. The zero-order chi connectivity index (χ0) is 15.1. The normalized spacial score (nSPS) is 24.1. The maximum absolute atomic E-state index is 11.7.